The van der Waals surface area contributed by atoms with Crippen LogP contribution in [0.2, 0.25) is 0 Å². The fraction of sp³-hybridized carbons (Fsp3) is 1.00. The fourth-order valence-electron chi connectivity index (χ4n) is 3.88. The average Bonchev–Trinajstić information content (AvgIpc) is 2.72. The second-order valence-electron chi connectivity index (χ2n) is 7.21. The van der Waals surface area contributed by atoms with Crippen LogP contribution in [-0.4, -0.2) is 6.04 Å². The van der Waals surface area contributed by atoms with Crippen LogP contribution in [0.5, 0.6) is 0 Å². The van der Waals surface area contributed by atoms with Crippen molar-refractivity contribution in [2.75, 3.05) is 0 Å². The van der Waals surface area contributed by atoms with E-state index in [0.29, 0.717) is 11.5 Å². The number of rotatable bonds is 8. The smallest absolute Gasteiger partial charge is 0.0267 e. The molecule has 0 aromatic rings. The largest absolute Gasteiger partial charge is 0.271 e. The van der Waals surface area contributed by atoms with E-state index in [4.69, 9.17) is 5.84 Å². The Bertz CT molecular complexity index is 217. The summed E-state index contributed by atoms with van der Waals surface area (Å²) in [6, 6.07) is 0.529. The second-order valence-corrected chi connectivity index (χ2v) is 7.21. The van der Waals surface area contributed by atoms with Gasteiger partial charge in [0.1, 0.15) is 0 Å². The molecule has 0 spiro atoms. The molecule has 0 bridgehead atoms. The molecule has 18 heavy (non-hydrogen) atoms. The third kappa shape index (κ3) is 4.55. The third-order valence-corrected chi connectivity index (χ3v) is 4.63. The van der Waals surface area contributed by atoms with Crippen LogP contribution < -0.4 is 11.3 Å². The molecule has 0 aromatic carbocycles. The summed E-state index contributed by atoms with van der Waals surface area (Å²) in [6.07, 6.45) is 10.8. The number of hydrogen-bond donors (Lipinski definition) is 2. The van der Waals surface area contributed by atoms with Gasteiger partial charge in [-0.3, -0.25) is 11.3 Å². The summed E-state index contributed by atoms with van der Waals surface area (Å²) in [7, 11) is 0. The maximum absolute atomic E-state index is 5.88. The van der Waals surface area contributed by atoms with Crippen LogP contribution >= 0.6 is 0 Å². The van der Waals surface area contributed by atoms with Gasteiger partial charge < -0.3 is 0 Å². The van der Waals surface area contributed by atoms with Gasteiger partial charge in [-0.2, -0.15) is 0 Å². The highest BCUT2D eigenvalue weighted by Crippen LogP contribution is 2.47. The highest BCUT2D eigenvalue weighted by Gasteiger charge is 2.40. The zero-order chi connectivity index (χ0) is 13.6. The van der Waals surface area contributed by atoms with Gasteiger partial charge in [-0.15, -0.1) is 0 Å². The molecule has 1 rings (SSSR count). The number of nitrogens with two attached hydrogens (primary N) is 1. The molecular weight excluding hydrogens is 220 g/mol. The van der Waals surface area contributed by atoms with E-state index >= 15 is 0 Å². The van der Waals surface area contributed by atoms with Crippen LogP contribution in [-0.2, 0) is 0 Å². The summed E-state index contributed by atoms with van der Waals surface area (Å²) >= 11 is 0. The Morgan fingerprint density at radius 3 is 2.06 bits per heavy atom. The normalized spacial score (nSPS) is 20.8. The maximum atomic E-state index is 5.88. The van der Waals surface area contributed by atoms with Gasteiger partial charge in [-0.25, -0.2) is 0 Å². The molecule has 3 N–H and O–H groups in total. The standard InChI is InChI=1S/C16H34N2/c1-13(2)8-7-9-15(18-17)16(12-14(3)4)10-5-6-11-16/h13-15,18H,5-12,17H2,1-4H3. The van der Waals surface area contributed by atoms with Crippen molar-refractivity contribution < 1.29 is 0 Å². The molecule has 0 aliphatic heterocycles. The lowest BCUT2D eigenvalue weighted by molar-refractivity contribution is 0.144. The first-order valence-corrected chi connectivity index (χ1v) is 7.96. The molecule has 108 valence electrons. The van der Waals surface area contributed by atoms with E-state index in [-0.39, 0.29) is 0 Å². The lowest BCUT2D eigenvalue weighted by Crippen LogP contribution is -2.48. The summed E-state index contributed by atoms with van der Waals surface area (Å²) in [5.74, 6) is 7.47. The summed E-state index contributed by atoms with van der Waals surface area (Å²) < 4.78 is 0. The van der Waals surface area contributed by atoms with Crippen molar-refractivity contribution in [3.63, 3.8) is 0 Å². The zero-order valence-corrected chi connectivity index (χ0v) is 13.0. The monoisotopic (exact) mass is 254 g/mol. The molecule has 1 aliphatic carbocycles. The zero-order valence-electron chi connectivity index (χ0n) is 13.0. The van der Waals surface area contributed by atoms with E-state index in [1.165, 1.54) is 51.4 Å². The molecule has 0 radical (unpaired) electrons. The maximum Gasteiger partial charge on any atom is 0.0267 e. The van der Waals surface area contributed by atoms with E-state index in [1.807, 2.05) is 0 Å². The van der Waals surface area contributed by atoms with Gasteiger partial charge >= 0.3 is 0 Å². The van der Waals surface area contributed by atoms with Crippen molar-refractivity contribution in [3.8, 4) is 0 Å². The first-order chi connectivity index (χ1) is 8.50. The highest BCUT2D eigenvalue weighted by atomic mass is 15.2. The van der Waals surface area contributed by atoms with E-state index in [9.17, 15) is 0 Å². The van der Waals surface area contributed by atoms with Crippen LogP contribution in [0, 0.1) is 17.3 Å². The van der Waals surface area contributed by atoms with Crippen molar-refractivity contribution in [1.29, 1.82) is 0 Å². The molecular formula is C16H34N2. The van der Waals surface area contributed by atoms with Gasteiger partial charge in [0.05, 0.1) is 0 Å². The van der Waals surface area contributed by atoms with Gasteiger partial charge in [-0.1, -0.05) is 53.4 Å². The highest BCUT2D eigenvalue weighted by molar-refractivity contribution is 4.94. The van der Waals surface area contributed by atoms with Crippen LogP contribution in [0.3, 0.4) is 0 Å². The molecule has 0 amide bonds. The van der Waals surface area contributed by atoms with Gasteiger partial charge in [0.25, 0.3) is 0 Å². The van der Waals surface area contributed by atoms with E-state index in [2.05, 4.69) is 33.1 Å². The van der Waals surface area contributed by atoms with Crippen molar-refractivity contribution in [3.05, 3.63) is 0 Å². The lowest BCUT2D eigenvalue weighted by atomic mass is 9.71. The SMILES string of the molecule is CC(C)CCCC(NN)C1(CC(C)C)CCCC1. The predicted octanol–water partition coefficient (Wildman–Crippen LogP) is 4.25. The first-order valence-electron chi connectivity index (χ1n) is 7.96. The molecule has 1 unspecified atom stereocenters. The number of nitrogens with one attached hydrogen (secondary N) is 1. The molecule has 0 saturated heterocycles. The minimum atomic E-state index is 0.486. The van der Waals surface area contributed by atoms with Gasteiger partial charge in [0.2, 0.25) is 0 Å². The summed E-state index contributed by atoms with van der Waals surface area (Å²) in [6.45, 7) is 9.32. The van der Waals surface area contributed by atoms with Gasteiger partial charge in [-0.05, 0) is 42.9 Å². The Morgan fingerprint density at radius 2 is 1.61 bits per heavy atom. The van der Waals surface area contributed by atoms with E-state index in [0.717, 1.165) is 11.8 Å². The minimum absolute atomic E-state index is 0.486. The molecule has 1 aliphatic rings. The topological polar surface area (TPSA) is 38.0 Å². The summed E-state index contributed by atoms with van der Waals surface area (Å²) in [4.78, 5) is 0. The molecule has 1 fully saturated rings. The van der Waals surface area contributed by atoms with Gasteiger partial charge in [0.15, 0.2) is 0 Å². The van der Waals surface area contributed by atoms with Crippen molar-refractivity contribution in [2.45, 2.75) is 85.1 Å². The van der Waals surface area contributed by atoms with Crippen molar-refractivity contribution in [2.24, 2.45) is 23.1 Å². The second kappa shape index (κ2) is 7.49. The fourth-order valence-corrected chi connectivity index (χ4v) is 3.88. The Kier molecular flexibility index (Phi) is 6.65. The lowest BCUT2D eigenvalue weighted by Gasteiger charge is -2.39. The van der Waals surface area contributed by atoms with Crippen LogP contribution in [0.1, 0.15) is 79.1 Å². The summed E-state index contributed by atoms with van der Waals surface area (Å²) in [5, 5.41) is 0. The van der Waals surface area contributed by atoms with E-state index in [1.54, 1.807) is 0 Å². The quantitative estimate of drug-likeness (QED) is 0.502. The van der Waals surface area contributed by atoms with Crippen LogP contribution in [0.15, 0.2) is 0 Å². The Hall–Kier alpha value is -0.0800. The van der Waals surface area contributed by atoms with Crippen LogP contribution in [0.25, 0.3) is 0 Å². The molecule has 1 saturated carbocycles. The summed E-state index contributed by atoms with van der Waals surface area (Å²) in [5.41, 5.74) is 3.65. The average molecular weight is 254 g/mol. The first kappa shape index (κ1) is 16.0. The van der Waals surface area contributed by atoms with E-state index < -0.39 is 0 Å². The Morgan fingerprint density at radius 1 is 1.00 bits per heavy atom. The molecule has 2 heteroatoms. The number of hydrazine groups is 1. The molecule has 1 atom stereocenters. The van der Waals surface area contributed by atoms with Crippen molar-refractivity contribution >= 4 is 0 Å². The predicted molar refractivity (Wildman–Crippen MR) is 80.2 cm³/mol. The van der Waals surface area contributed by atoms with Crippen LogP contribution in [0.4, 0.5) is 0 Å². The number of hydrogen-bond acceptors (Lipinski definition) is 2. The minimum Gasteiger partial charge on any atom is -0.271 e. The third-order valence-electron chi connectivity index (χ3n) is 4.63. The Labute approximate surface area is 114 Å². The Balaban J connectivity index is 2.57. The molecule has 0 aromatic heterocycles. The molecule has 2 nitrogen and oxygen atoms in total. The van der Waals surface area contributed by atoms with Crippen molar-refractivity contribution in [1.82, 2.24) is 5.43 Å². The van der Waals surface area contributed by atoms with Gasteiger partial charge in [0, 0.05) is 6.04 Å². The molecule has 0 heterocycles.